The van der Waals surface area contributed by atoms with E-state index in [1.807, 2.05) is 79.7 Å². The maximum atomic E-state index is 13.5. The number of allylic oxidation sites excluding steroid dienone is 2. The number of rotatable bonds is 5. The molecule has 0 spiro atoms. The Bertz CT molecular complexity index is 1370. The van der Waals surface area contributed by atoms with Crippen molar-refractivity contribution in [1.82, 2.24) is 5.32 Å². The maximum Gasteiger partial charge on any atom is 0.336 e. The third-order valence-electron chi connectivity index (χ3n) is 6.18. The van der Waals surface area contributed by atoms with Gasteiger partial charge in [-0.15, -0.1) is 0 Å². The lowest BCUT2D eigenvalue weighted by molar-refractivity contribution is -0.136. The van der Waals surface area contributed by atoms with E-state index >= 15 is 0 Å². The third-order valence-corrected chi connectivity index (χ3v) is 7.02. The number of nitrogens with one attached hydrogen (secondary N) is 1. The first-order valence-electron chi connectivity index (χ1n) is 10.9. The highest BCUT2D eigenvalue weighted by atomic mass is 127. The zero-order valence-corrected chi connectivity index (χ0v) is 20.9. The molecule has 0 aromatic heterocycles. The highest BCUT2D eigenvalue weighted by molar-refractivity contribution is 14.1. The average Bonchev–Trinajstić information content (AvgIpc) is 3.14. The number of methoxy groups -OCH3 is 1. The predicted molar refractivity (Wildman–Crippen MR) is 138 cm³/mol. The van der Waals surface area contributed by atoms with Crippen molar-refractivity contribution in [3.63, 3.8) is 0 Å². The van der Waals surface area contributed by atoms with Crippen LogP contribution in [0, 0.1) is 3.57 Å². The van der Waals surface area contributed by atoms with Crippen LogP contribution in [0.2, 0.25) is 0 Å². The molecule has 34 heavy (non-hydrogen) atoms. The van der Waals surface area contributed by atoms with Crippen molar-refractivity contribution in [1.29, 1.82) is 0 Å². The minimum atomic E-state index is -0.541. The maximum absolute atomic E-state index is 13.5. The molecular weight excluding hydrogens is 541 g/mol. The van der Waals surface area contributed by atoms with E-state index in [2.05, 4.69) is 27.9 Å². The second-order valence-electron chi connectivity index (χ2n) is 8.22. The Morgan fingerprint density at radius 3 is 2.41 bits per heavy atom. The number of carbonyl (C=O) groups is 2. The number of ketones is 1. The van der Waals surface area contributed by atoms with Gasteiger partial charge in [0, 0.05) is 28.3 Å². The zero-order valence-electron chi connectivity index (χ0n) is 18.7. The van der Waals surface area contributed by atoms with Gasteiger partial charge in [-0.2, -0.15) is 0 Å². The molecule has 1 aliphatic heterocycles. The molecule has 0 unspecified atom stereocenters. The molecule has 1 aliphatic carbocycles. The number of carbonyl (C=O) groups excluding carboxylic acids is 2. The van der Waals surface area contributed by atoms with Crippen LogP contribution in [-0.4, -0.2) is 18.9 Å². The minimum absolute atomic E-state index is 0.0728. The molecule has 0 bridgehead atoms. The number of ether oxygens (including phenoxy) is 2. The second kappa shape index (κ2) is 9.10. The Labute approximate surface area is 211 Å². The Morgan fingerprint density at radius 1 is 1.00 bits per heavy atom. The van der Waals surface area contributed by atoms with Gasteiger partial charge in [-0.05, 0) is 52.8 Å². The van der Waals surface area contributed by atoms with Gasteiger partial charge in [-0.1, -0.05) is 60.7 Å². The summed E-state index contributed by atoms with van der Waals surface area (Å²) in [5.41, 5.74) is 5.87. The molecule has 5 nitrogen and oxygen atoms in total. The van der Waals surface area contributed by atoms with Gasteiger partial charge in [-0.25, -0.2) is 4.79 Å². The van der Waals surface area contributed by atoms with Crippen LogP contribution < -0.4 is 10.1 Å². The number of fused-ring (bicyclic) bond motifs is 2. The lowest BCUT2D eigenvalue weighted by atomic mass is 9.80. The Balaban J connectivity index is 1.55. The summed E-state index contributed by atoms with van der Waals surface area (Å²) < 4.78 is 12.1. The summed E-state index contributed by atoms with van der Waals surface area (Å²) in [4.78, 5) is 26.3. The summed E-state index contributed by atoms with van der Waals surface area (Å²) in [6.07, 6.45) is 0. The van der Waals surface area contributed by atoms with E-state index in [9.17, 15) is 9.59 Å². The third kappa shape index (κ3) is 3.81. The van der Waals surface area contributed by atoms with Crippen LogP contribution in [0.25, 0.3) is 5.70 Å². The second-order valence-corrected chi connectivity index (χ2v) is 9.38. The number of halogens is 1. The van der Waals surface area contributed by atoms with Crippen LogP contribution in [0.1, 0.15) is 39.9 Å². The van der Waals surface area contributed by atoms with Crippen molar-refractivity contribution in [3.05, 3.63) is 115 Å². The van der Waals surface area contributed by atoms with Gasteiger partial charge >= 0.3 is 5.97 Å². The van der Waals surface area contributed by atoms with Crippen LogP contribution in [0.5, 0.6) is 5.75 Å². The Morgan fingerprint density at radius 2 is 1.71 bits per heavy atom. The minimum Gasteiger partial charge on any atom is -0.488 e. The van der Waals surface area contributed by atoms with E-state index < -0.39 is 11.9 Å². The first kappa shape index (κ1) is 22.4. The summed E-state index contributed by atoms with van der Waals surface area (Å²) in [7, 11) is 1.36. The molecule has 5 rings (SSSR count). The number of benzene rings is 3. The molecule has 0 amide bonds. The van der Waals surface area contributed by atoms with Gasteiger partial charge in [-0.3, -0.25) is 4.79 Å². The molecular formula is C28H22INO4. The van der Waals surface area contributed by atoms with Crippen molar-refractivity contribution in [2.24, 2.45) is 0 Å². The highest BCUT2D eigenvalue weighted by Gasteiger charge is 2.42. The van der Waals surface area contributed by atoms with Gasteiger partial charge in [0.1, 0.15) is 12.4 Å². The standard InChI is InChI=1S/C28H22INO4/c1-16-23(28(32)33-2)24(25-26(30-16)19-10-6-7-11-20(19)27(25)31)18-12-13-22(21(29)14-18)34-15-17-8-4-3-5-9-17/h3-14,24,30H,15H2,1-2H3/t24-/m0/s1. The number of hydrogen-bond donors (Lipinski definition) is 1. The fourth-order valence-corrected chi connectivity index (χ4v) is 5.29. The molecule has 0 radical (unpaired) electrons. The molecule has 0 saturated carbocycles. The van der Waals surface area contributed by atoms with E-state index in [1.165, 1.54) is 7.11 Å². The summed E-state index contributed by atoms with van der Waals surface area (Å²) >= 11 is 2.24. The zero-order chi connectivity index (χ0) is 23.8. The first-order chi connectivity index (χ1) is 16.5. The van der Waals surface area contributed by atoms with E-state index in [-0.39, 0.29) is 5.78 Å². The largest absolute Gasteiger partial charge is 0.488 e. The van der Waals surface area contributed by atoms with Crippen molar-refractivity contribution >= 4 is 40.0 Å². The van der Waals surface area contributed by atoms with Crippen molar-refractivity contribution in [2.75, 3.05) is 7.11 Å². The summed E-state index contributed by atoms with van der Waals surface area (Å²) in [6, 6.07) is 23.3. The van der Waals surface area contributed by atoms with Crippen LogP contribution >= 0.6 is 22.6 Å². The van der Waals surface area contributed by atoms with Crippen LogP contribution in [0.15, 0.2) is 89.6 Å². The molecule has 1 atom stereocenters. The molecule has 0 fully saturated rings. The van der Waals surface area contributed by atoms with E-state index in [4.69, 9.17) is 9.47 Å². The Hall–Kier alpha value is -3.39. The van der Waals surface area contributed by atoms with E-state index in [1.54, 1.807) is 0 Å². The fourth-order valence-electron chi connectivity index (χ4n) is 4.59. The number of hydrogen-bond acceptors (Lipinski definition) is 5. The van der Waals surface area contributed by atoms with Crippen molar-refractivity contribution in [3.8, 4) is 5.75 Å². The highest BCUT2D eigenvalue weighted by Crippen LogP contribution is 2.47. The predicted octanol–water partition coefficient (Wildman–Crippen LogP) is 5.61. The summed E-state index contributed by atoms with van der Waals surface area (Å²) in [5.74, 6) is -0.320. The molecule has 1 heterocycles. The number of dihydropyridines is 1. The number of esters is 1. The molecule has 170 valence electrons. The Kier molecular flexibility index (Phi) is 6.00. The molecule has 6 heteroatoms. The SMILES string of the molecule is COC(=O)C1=C(C)NC2=C(C(=O)c3ccccc32)[C@H]1c1ccc(OCc2ccccc2)c(I)c1. The van der Waals surface area contributed by atoms with E-state index in [0.29, 0.717) is 29.0 Å². The monoisotopic (exact) mass is 563 g/mol. The first-order valence-corrected chi connectivity index (χ1v) is 12.0. The van der Waals surface area contributed by atoms with Crippen molar-refractivity contribution < 1.29 is 19.1 Å². The lowest BCUT2D eigenvalue weighted by Crippen LogP contribution is -2.29. The molecule has 3 aromatic rings. The van der Waals surface area contributed by atoms with Gasteiger partial charge < -0.3 is 14.8 Å². The van der Waals surface area contributed by atoms with Crippen LogP contribution in [-0.2, 0) is 16.1 Å². The summed E-state index contributed by atoms with van der Waals surface area (Å²) in [6.45, 7) is 2.30. The van der Waals surface area contributed by atoms with Gasteiger partial charge in [0.2, 0.25) is 0 Å². The number of Topliss-reactive ketones (excluding diaryl/α,β-unsaturated/α-hetero) is 1. The van der Waals surface area contributed by atoms with Gasteiger partial charge in [0.25, 0.3) is 0 Å². The molecule has 1 N–H and O–H groups in total. The van der Waals surface area contributed by atoms with Crippen molar-refractivity contribution in [2.45, 2.75) is 19.4 Å². The molecule has 2 aliphatic rings. The molecule has 0 saturated heterocycles. The van der Waals surface area contributed by atoms with Crippen LogP contribution in [0.4, 0.5) is 0 Å². The summed E-state index contributed by atoms with van der Waals surface area (Å²) in [5, 5.41) is 3.31. The van der Waals surface area contributed by atoms with Gasteiger partial charge in [0.05, 0.1) is 22.0 Å². The topological polar surface area (TPSA) is 64.6 Å². The smallest absolute Gasteiger partial charge is 0.336 e. The quantitative estimate of drug-likeness (QED) is 0.323. The van der Waals surface area contributed by atoms with Crippen LogP contribution in [0.3, 0.4) is 0 Å². The molecule has 3 aromatic carbocycles. The fraction of sp³-hybridized carbons (Fsp3) is 0.143. The normalized spacial score (nSPS) is 16.7. The van der Waals surface area contributed by atoms with E-state index in [0.717, 1.165) is 31.7 Å². The lowest BCUT2D eigenvalue weighted by Gasteiger charge is -2.29. The average molecular weight is 563 g/mol. The van der Waals surface area contributed by atoms with Gasteiger partial charge in [0.15, 0.2) is 5.78 Å².